The molecule has 0 aliphatic carbocycles. The molecule has 0 aromatic carbocycles. The molecular formula is C5H10N2S2. The van der Waals surface area contributed by atoms with Crippen LogP contribution in [0.5, 0.6) is 0 Å². The van der Waals surface area contributed by atoms with Gasteiger partial charge in [0, 0.05) is 25.4 Å². The molecule has 9 heavy (non-hydrogen) atoms. The van der Waals surface area contributed by atoms with E-state index in [0.29, 0.717) is 0 Å². The Morgan fingerprint density at radius 1 is 1.78 bits per heavy atom. The van der Waals surface area contributed by atoms with E-state index in [1.54, 1.807) is 0 Å². The minimum atomic E-state index is 0.877. The molecule has 1 aliphatic heterocycles. The first-order valence-corrected chi connectivity index (χ1v) is 4.02. The smallest absolute Gasteiger partial charge is 0.169 e. The van der Waals surface area contributed by atoms with E-state index in [-0.39, 0.29) is 0 Å². The van der Waals surface area contributed by atoms with Crippen LogP contribution in [0.15, 0.2) is 0 Å². The van der Waals surface area contributed by atoms with Gasteiger partial charge < -0.3 is 10.2 Å². The first kappa shape index (κ1) is 7.15. The quantitative estimate of drug-likeness (QED) is 0.443. The van der Waals surface area contributed by atoms with Crippen molar-refractivity contribution in [2.75, 3.05) is 25.4 Å². The van der Waals surface area contributed by atoms with E-state index < -0.39 is 0 Å². The van der Waals surface area contributed by atoms with Crippen LogP contribution in [0.3, 0.4) is 0 Å². The Morgan fingerprint density at radius 2 is 2.56 bits per heavy atom. The molecule has 0 amide bonds. The average Bonchev–Trinajstić information content (AvgIpc) is 2.18. The Balaban J connectivity index is 2.31. The summed E-state index contributed by atoms with van der Waals surface area (Å²) in [5.74, 6) is 0.877. The minimum absolute atomic E-state index is 0.877. The summed E-state index contributed by atoms with van der Waals surface area (Å²) in [6.07, 6.45) is 0. The molecule has 0 aromatic rings. The molecule has 0 saturated carbocycles. The summed E-state index contributed by atoms with van der Waals surface area (Å²) in [7, 11) is 0. The molecule has 0 unspecified atom stereocenters. The van der Waals surface area contributed by atoms with Gasteiger partial charge in [-0.3, -0.25) is 0 Å². The fourth-order valence-corrected chi connectivity index (χ4v) is 1.37. The van der Waals surface area contributed by atoms with E-state index in [2.05, 4.69) is 22.8 Å². The lowest BCUT2D eigenvalue weighted by atomic mass is 10.6. The molecule has 0 atom stereocenters. The summed E-state index contributed by atoms with van der Waals surface area (Å²) in [6.45, 7) is 3.00. The third kappa shape index (κ3) is 1.72. The van der Waals surface area contributed by atoms with Crippen molar-refractivity contribution in [3.05, 3.63) is 0 Å². The highest BCUT2D eigenvalue weighted by Crippen LogP contribution is 1.96. The Labute approximate surface area is 66.0 Å². The van der Waals surface area contributed by atoms with Crippen molar-refractivity contribution in [1.82, 2.24) is 10.2 Å². The molecule has 1 saturated heterocycles. The van der Waals surface area contributed by atoms with Crippen molar-refractivity contribution >= 4 is 30.0 Å². The van der Waals surface area contributed by atoms with E-state index in [4.69, 9.17) is 12.2 Å². The van der Waals surface area contributed by atoms with Gasteiger partial charge in [0.2, 0.25) is 0 Å². The monoisotopic (exact) mass is 162 g/mol. The van der Waals surface area contributed by atoms with Crippen molar-refractivity contribution < 1.29 is 0 Å². The van der Waals surface area contributed by atoms with Crippen LogP contribution in [0.2, 0.25) is 0 Å². The summed E-state index contributed by atoms with van der Waals surface area (Å²) in [4.78, 5) is 2.13. The molecule has 1 aliphatic rings. The number of thiol groups is 1. The van der Waals surface area contributed by atoms with Crippen LogP contribution in [-0.2, 0) is 0 Å². The Hall–Kier alpha value is 0.0400. The highest BCUT2D eigenvalue weighted by atomic mass is 32.1. The van der Waals surface area contributed by atoms with Crippen LogP contribution in [0.25, 0.3) is 0 Å². The summed E-state index contributed by atoms with van der Waals surface area (Å²) >= 11 is 9.09. The average molecular weight is 162 g/mol. The molecule has 1 N–H and O–H groups in total. The molecule has 4 heteroatoms. The maximum absolute atomic E-state index is 4.99. The number of nitrogens with zero attached hydrogens (tertiary/aromatic N) is 1. The number of hydrogen-bond donors (Lipinski definition) is 2. The molecule has 0 spiro atoms. The fraction of sp³-hybridized carbons (Fsp3) is 0.800. The Kier molecular flexibility index (Phi) is 2.60. The van der Waals surface area contributed by atoms with Gasteiger partial charge in [-0.25, -0.2) is 0 Å². The van der Waals surface area contributed by atoms with Gasteiger partial charge in [-0.1, -0.05) is 0 Å². The van der Waals surface area contributed by atoms with Gasteiger partial charge in [0.25, 0.3) is 0 Å². The first-order chi connectivity index (χ1) is 4.34. The summed E-state index contributed by atoms with van der Waals surface area (Å²) < 4.78 is 0. The van der Waals surface area contributed by atoms with Crippen molar-refractivity contribution in [2.24, 2.45) is 0 Å². The number of nitrogens with one attached hydrogen (secondary N) is 1. The second-order valence-corrected chi connectivity index (χ2v) is 2.78. The van der Waals surface area contributed by atoms with Gasteiger partial charge in [-0.05, 0) is 12.2 Å². The summed E-state index contributed by atoms with van der Waals surface area (Å²) in [5, 5.41) is 3.96. The van der Waals surface area contributed by atoms with E-state index in [1.807, 2.05) is 0 Å². The summed E-state index contributed by atoms with van der Waals surface area (Å²) in [6, 6.07) is 0. The van der Waals surface area contributed by atoms with E-state index >= 15 is 0 Å². The van der Waals surface area contributed by atoms with Crippen LogP contribution < -0.4 is 5.32 Å². The minimum Gasteiger partial charge on any atom is -0.361 e. The second-order valence-electron chi connectivity index (χ2n) is 1.94. The van der Waals surface area contributed by atoms with Crippen LogP contribution in [-0.4, -0.2) is 35.4 Å². The van der Waals surface area contributed by atoms with Crippen molar-refractivity contribution in [2.45, 2.75) is 0 Å². The molecular weight excluding hydrogens is 152 g/mol. The van der Waals surface area contributed by atoms with Gasteiger partial charge in [0.1, 0.15) is 0 Å². The summed E-state index contributed by atoms with van der Waals surface area (Å²) in [5.41, 5.74) is 0. The lowest BCUT2D eigenvalue weighted by Gasteiger charge is -2.13. The number of rotatable bonds is 2. The molecule has 1 rings (SSSR count). The van der Waals surface area contributed by atoms with Gasteiger partial charge in [-0.15, -0.1) is 0 Å². The zero-order chi connectivity index (χ0) is 6.69. The predicted octanol–water partition coefficient (Wildman–Crippen LogP) is 0.106. The zero-order valence-corrected chi connectivity index (χ0v) is 6.84. The lowest BCUT2D eigenvalue weighted by molar-refractivity contribution is 0.500. The normalized spacial score (nSPS) is 18.3. The van der Waals surface area contributed by atoms with Crippen LogP contribution in [0.1, 0.15) is 0 Å². The third-order valence-electron chi connectivity index (χ3n) is 1.32. The Bertz CT molecular complexity index is 116. The van der Waals surface area contributed by atoms with E-state index in [0.717, 1.165) is 30.5 Å². The molecule has 2 nitrogen and oxygen atoms in total. The first-order valence-electron chi connectivity index (χ1n) is 2.98. The molecule has 0 radical (unpaired) electrons. The van der Waals surface area contributed by atoms with Gasteiger partial charge >= 0.3 is 0 Å². The van der Waals surface area contributed by atoms with Crippen molar-refractivity contribution in [3.63, 3.8) is 0 Å². The zero-order valence-electron chi connectivity index (χ0n) is 5.13. The SMILES string of the molecule is S=C1NCCN1CCS. The van der Waals surface area contributed by atoms with E-state index in [1.165, 1.54) is 0 Å². The van der Waals surface area contributed by atoms with Crippen molar-refractivity contribution in [3.8, 4) is 0 Å². The lowest BCUT2D eigenvalue weighted by Crippen LogP contribution is -2.29. The fourth-order valence-electron chi connectivity index (χ4n) is 0.845. The van der Waals surface area contributed by atoms with E-state index in [9.17, 15) is 0 Å². The second kappa shape index (κ2) is 3.27. The van der Waals surface area contributed by atoms with Gasteiger partial charge in [0.15, 0.2) is 5.11 Å². The predicted molar refractivity (Wildman–Crippen MR) is 46.0 cm³/mol. The third-order valence-corrected chi connectivity index (χ3v) is 1.92. The molecule has 0 aromatic heterocycles. The largest absolute Gasteiger partial charge is 0.361 e. The topological polar surface area (TPSA) is 15.3 Å². The maximum Gasteiger partial charge on any atom is 0.169 e. The highest BCUT2D eigenvalue weighted by molar-refractivity contribution is 7.80. The molecule has 1 heterocycles. The molecule has 52 valence electrons. The van der Waals surface area contributed by atoms with Gasteiger partial charge in [0.05, 0.1) is 0 Å². The highest BCUT2D eigenvalue weighted by Gasteiger charge is 2.13. The molecule has 1 fully saturated rings. The van der Waals surface area contributed by atoms with Crippen molar-refractivity contribution in [1.29, 1.82) is 0 Å². The Morgan fingerprint density at radius 3 is 3.00 bits per heavy atom. The van der Waals surface area contributed by atoms with Crippen LogP contribution in [0, 0.1) is 0 Å². The van der Waals surface area contributed by atoms with Crippen LogP contribution >= 0.6 is 24.8 Å². The molecule has 0 bridgehead atoms. The maximum atomic E-state index is 4.99. The standard InChI is InChI=1S/C5H10N2S2/c8-4-3-7-2-1-6-5(7)9/h8H,1-4H2,(H,6,9). The van der Waals surface area contributed by atoms with Crippen LogP contribution in [0.4, 0.5) is 0 Å². The number of thiocarbonyl (C=S) groups is 1. The van der Waals surface area contributed by atoms with Gasteiger partial charge in [-0.2, -0.15) is 12.6 Å². The number of hydrogen-bond acceptors (Lipinski definition) is 2.